The Labute approximate surface area is 143 Å². The standard InChI is InChI=1S/C16H18FN5O3/c1-3-11-14(17)15(19-9-18-11)25-10-6-7-22(8-10)16(24)12-4-5-13(23)21(2)20-12/h4-5,9-10H,3,6-8H2,1-2H3/t10-/m1/s1. The molecule has 2 aromatic rings. The van der Waals surface area contributed by atoms with Gasteiger partial charge in [-0.1, -0.05) is 6.92 Å². The molecule has 1 aliphatic rings. The van der Waals surface area contributed by atoms with Crippen LogP contribution in [-0.4, -0.2) is 49.7 Å². The van der Waals surface area contributed by atoms with Gasteiger partial charge in [0.1, 0.15) is 18.1 Å². The summed E-state index contributed by atoms with van der Waals surface area (Å²) in [5, 5.41) is 3.95. The van der Waals surface area contributed by atoms with Gasteiger partial charge in [0.15, 0.2) is 0 Å². The second-order valence-corrected chi connectivity index (χ2v) is 5.75. The van der Waals surface area contributed by atoms with Crippen molar-refractivity contribution in [3.05, 3.63) is 46.0 Å². The Morgan fingerprint density at radius 3 is 2.92 bits per heavy atom. The summed E-state index contributed by atoms with van der Waals surface area (Å²) in [6.45, 7) is 2.56. The van der Waals surface area contributed by atoms with Crippen LogP contribution in [0.3, 0.4) is 0 Å². The number of aromatic nitrogens is 4. The Balaban J connectivity index is 1.68. The Morgan fingerprint density at radius 1 is 1.40 bits per heavy atom. The number of halogens is 1. The second-order valence-electron chi connectivity index (χ2n) is 5.75. The Bertz CT molecular complexity index is 854. The van der Waals surface area contributed by atoms with Crippen molar-refractivity contribution in [2.45, 2.75) is 25.9 Å². The monoisotopic (exact) mass is 347 g/mol. The number of hydrogen-bond donors (Lipinski definition) is 0. The quantitative estimate of drug-likeness (QED) is 0.803. The molecule has 1 aliphatic heterocycles. The molecule has 1 saturated heterocycles. The molecule has 0 N–H and O–H groups in total. The average Bonchev–Trinajstić information content (AvgIpc) is 3.07. The minimum atomic E-state index is -0.561. The lowest BCUT2D eigenvalue weighted by atomic mass is 10.3. The molecule has 1 amide bonds. The highest BCUT2D eigenvalue weighted by Crippen LogP contribution is 2.21. The molecule has 3 heterocycles. The van der Waals surface area contributed by atoms with Crippen LogP contribution in [0.5, 0.6) is 5.88 Å². The lowest BCUT2D eigenvalue weighted by Gasteiger charge is -2.17. The number of likely N-dealkylation sites (tertiary alicyclic amines) is 1. The van der Waals surface area contributed by atoms with Crippen LogP contribution < -0.4 is 10.3 Å². The number of nitrogens with zero attached hydrogens (tertiary/aromatic N) is 5. The highest BCUT2D eigenvalue weighted by molar-refractivity contribution is 5.92. The van der Waals surface area contributed by atoms with Crippen LogP contribution in [0.2, 0.25) is 0 Å². The van der Waals surface area contributed by atoms with Crippen molar-refractivity contribution in [1.29, 1.82) is 0 Å². The van der Waals surface area contributed by atoms with Gasteiger partial charge in [-0.15, -0.1) is 0 Å². The second kappa shape index (κ2) is 6.96. The summed E-state index contributed by atoms with van der Waals surface area (Å²) < 4.78 is 20.9. The third kappa shape index (κ3) is 3.49. The van der Waals surface area contributed by atoms with Gasteiger partial charge in [-0.3, -0.25) is 9.59 Å². The van der Waals surface area contributed by atoms with Gasteiger partial charge < -0.3 is 9.64 Å². The molecule has 0 aromatic carbocycles. The van der Waals surface area contributed by atoms with Gasteiger partial charge in [0.25, 0.3) is 17.3 Å². The zero-order valence-corrected chi connectivity index (χ0v) is 14.0. The van der Waals surface area contributed by atoms with Gasteiger partial charge in [0, 0.05) is 26.1 Å². The molecule has 9 heteroatoms. The maximum atomic E-state index is 14.2. The van der Waals surface area contributed by atoms with Crippen molar-refractivity contribution in [2.24, 2.45) is 7.05 Å². The molecule has 0 unspecified atom stereocenters. The third-order valence-electron chi connectivity index (χ3n) is 4.05. The van der Waals surface area contributed by atoms with Crippen molar-refractivity contribution in [1.82, 2.24) is 24.6 Å². The van der Waals surface area contributed by atoms with Gasteiger partial charge in [0.2, 0.25) is 5.82 Å². The first kappa shape index (κ1) is 17.0. The van der Waals surface area contributed by atoms with E-state index in [1.807, 2.05) is 0 Å². The van der Waals surface area contributed by atoms with E-state index in [-0.39, 0.29) is 29.1 Å². The molecule has 0 radical (unpaired) electrons. The minimum Gasteiger partial charge on any atom is -0.470 e. The van der Waals surface area contributed by atoms with E-state index in [9.17, 15) is 14.0 Å². The van der Waals surface area contributed by atoms with Gasteiger partial charge in [-0.25, -0.2) is 9.67 Å². The lowest BCUT2D eigenvalue weighted by molar-refractivity contribution is 0.0761. The first-order valence-corrected chi connectivity index (χ1v) is 7.99. The van der Waals surface area contributed by atoms with E-state index in [4.69, 9.17) is 4.74 Å². The van der Waals surface area contributed by atoms with Gasteiger partial charge in [-0.05, 0) is 12.5 Å². The highest BCUT2D eigenvalue weighted by Gasteiger charge is 2.30. The van der Waals surface area contributed by atoms with E-state index in [2.05, 4.69) is 15.1 Å². The number of carbonyl (C=O) groups is 1. The van der Waals surface area contributed by atoms with Crippen molar-refractivity contribution >= 4 is 5.91 Å². The van der Waals surface area contributed by atoms with Crippen molar-refractivity contribution < 1.29 is 13.9 Å². The summed E-state index contributed by atoms with van der Waals surface area (Å²) >= 11 is 0. The SMILES string of the molecule is CCc1ncnc(O[C@@H]2CCN(C(=O)c3ccc(=O)n(C)n3)C2)c1F. The number of rotatable bonds is 4. The molecule has 3 rings (SSSR count). The van der Waals surface area contributed by atoms with Gasteiger partial charge in [0.05, 0.1) is 12.2 Å². The molecule has 0 spiro atoms. The minimum absolute atomic E-state index is 0.0913. The fraction of sp³-hybridized carbons (Fsp3) is 0.438. The van der Waals surface area contributed by atoms with Crippen LogP contribution in [0, 0.1) is 5.82 Å². The van der Waals surface area contributed by atoms with Crippen LogP contribution in [0.15, 0.2) is 23.3 Å². The molecule has 132 valence electrons. The summed E-state index contributed by atoms with van der Waals surface area (Å²) in [5.41, 5.74) is 0.194. The summed E-state index contributed by atoms with van der Waals surface area (Å²) in [7, 11) is 1.48. The van der Waals surface area contributed by atoms with E-state index < -0.39 is 5.82 Å². The summed E-state index contributed by atoms with van der Waals surface area (Å²) in [6.07, 6.45) is 1.91. The average molecular weight is 347 g/mol. The zero-order chi connectivity index (χ0) is 18.0. The summed E-state index contributed by atoms with van der Waals surface area (Å²) in [5.74, 6) is -0.944. The largest absolute Gasteiger partial charge is 0.470 e. The molecule has 8 nitrogen and oxygen atoms in total. The molecule has 25 heavy (non-hydrogen) atoms. The van der Waals surface area contributed by atoms with Crippen molar-refractivity contribution in [2.75, 3.05) is 13.1 Å². The molecule has 0 saturated carbocycles. The van der Waals surface area contributed by atoms with E-state index in [0.717, 1.165) is 4.68 Å². The maximum absolute atomic E-state index is 14.2. The number of aryl methyl sites for hydroxylation is 2. The maximum Gasteiger partial charge on any atom is 0.274 e. The van der Waals surface area contributed by atoms with Crippen LogP contribution in [-0.2, 0) is 13.5 Å². The number of hydrogen-bond acceptors (Lipinski definition) is 6. The van der Waals surface area contributed by atoms with Gasteiger partial charge in [-0.2, -0.15) is 14.5 Å². The third-order valence-corrected chi connectivity index (χ3v) is 4.05. The van der Waals surface area contributed by atoms with Crippen molar-refractivity contribution in [3.63, 3.8) is 0 Å². The first-order chi connectivity index (χ1) is 12.0. The highest BCUT2D eigenvalue weighted by atomic mass is 19.1. The first-order valence-electron chi connectivity index (χ1n) is 7.99. The fourth-order valence-corrected chi connectivity index (χ4v) is 2.66. The molecular weight excluding hydrogens is 329 g/mol. The Morgan fingerprint density at radius 2 is 2.20 bits per heavy atom. The zero-order valence-electron chi connectivity index (χ0n) is 14.0. The normalized spacial score (nSPS) is 16.9. The number of amides is 1. The Kier molecular flexibility index (Phi) is 4.73. The smallest absolute Gasteiger partial charge is 0.274 e. The molecular formula is C16H18FN5O3. The van der Waals surface area contributed by atoms with E-state index >= 15 is 0 Å². The molecule has 1 atom stereocenters. The fourth-order valence-electron chi connectivity index (χ4n) is 2.66. The lowest BCUT2D eigenvalue weighted by Crippen LogP contribution is -2.33. The van der Waals surface area contributed by atoms with Crippen LogP contribution >= 0.6 is 0 Å². The number of ether oxygens (including phenoxy) is 1. The van der Waals surface area contributed by atoms with Crippen molar-refractivity contribution in [3.8, 4) is 5.88 Å². The topological polar surface area (TPSA) is 90.2 Å². The van der Waals surface area contributed by atoms with E-state index in [0.29, 0.717) is 31.6 Å². The van der Waals surface area contributed by atoms with Crippen LogP contribution in [0.1, 0.15) is 29.5 Å². The summed E-state index contributed by atoms with van der Waals surface area (Å²) in [6, 6.07) is 2.70. The molecule has 1 fully saturated rings. The Hall–Kier alpha value is -2.84. The number of carbonyl (C=O) groups excluding carboxylic acids is 1. The van der Waals surface area contributed by atoms with Gasteiger partial charge >= 0.3 is 0 Å². The molecule has 0 aliphatic carbocycles. The summed E-state index contributed by atoms with van der Waals surface area (Å²) in [4.78, 5) is 33.1. The van der Waals surface area contributed by atoms with E-state index in [1.54, 1.807) is 11.8 Å². The molecule has 2 aromatic heterocycles. The van der Waals surface area contributed by atoms with Crippen LogP contribution in [0.4, 0.5) is 4.39 Å². The van der Waals surface area contributed by atoms with E-state index in [1.165, 1.54) is 25.5 Å². The molecule has 0 bridgehead atoms. The van der Waals surface area contributed by atoms with Crippen LogP contribution in [0.25, 0.3) is 0 Å². The predicted octanol–water partition coefficient (Wildman–Crippen LogP) is 0.565. The predicted molar refractivity (Wildman–Crippen MR) is 85.8 cm³/mol.